The van der Waals surface area contributed by atoms with Crippen LogP contribution in [0.1, 0.15) is 11.8 Å². The van der Waals surface area contributed by atoms with Gasteiger partial charge in [-0.2, -0.15) is 10.4 Å². The van der Waals surface area contributed by atoms with Crippen LogP contribution in [-0.4, -0.2) is 18.2 Å². The number of aryl methyl sites for hydroxylation is 1. The minimum atomic E-state index is -3.63. The van der Waals surface area contributed by atoms with Crippen molar-refractivity contribution >= 4 is 27.0 Å². The molecule has 0 bridgehead atoms. The van der Waals surface area contributed by atoms with Gasteiger partial charge in [0.25, 0.3) is 10.0 Å². The van der Waals surface area contributed by atoms with E-state index in [4.69, 9.17) is 5.26 Å². The van der Waals surface area contributed by atoms with Gasteiger partial charge in [-0.05, 0) is 19.1 Å². The van der Waals surface area contributed by atoms with E-state index in [1.54, 1.807) is 10.9 Å². The second-order valence-electron chi connectivity index (χ2n) is 3.42. The van der Waals surface area contributed by atoms with Crippen molar-refractivity contribution in [1.29, 1.82) is 5.26 Å². The summed E-state index contributed by atoms with van der Waals surface area (Å²) < 4.78 is 28.1. The number of nitriles is 1. The van der Waals surface area contributed by atoms with Crippen molar-refractivity contribution in [2.75, 3.05) is 4.72 Å². The van der Waals surface area contributed by atoms with Gasteiger partial charge in [-0.25, -0.2) is 8.42 Å². The van der Waals surface area contributed by atoms with E-state index in [1.807, 2.05) is 13.0 Å². The molecule has 0 aliphatic carbocycles. The van der Waals surface area contributed by atoms with Gasteiger partial charge in [0.05, 0.1) is 11.9 Å². The molecule has 2 heterocycles. The summed E-state index contributed by atoms with van der Waals surface area (Å²) in [6.07, 6.45) is 3.05. The van der Waals surface area contributed by atoms with E-state index in [1.165, 1.54) is 18.3 Å². The summed E-state index contributed by atoms with van der Waals surface area (Å²) in [5.74, 6) is 0. The molecule has 0 spiro atoms. The normalized spacial score (nSPS) is 11.1. The predicted molar refractivity (Wildman–Crippen MR) is 67.7 cm³/mol. The Labute approximate surface area is 109 Å². The smallest absolute Gasteiger partial charge is 0.271 e. The molecule has 94 valence electrons. The average Bonchev–Trinajstić information content (AvgIpc) is 2.96. The van der Waals surface area contributed by atoms with Crippen molar-refractivity contribution in [2.45, 2.75) is 17.7 Å². The topological polar surface area (TPSA) is 87.8 Å². The molecule has 0 saturated heterocycles. The maximum atomic E-state index is 12.0. The van der Waals surface area contributed by atoms with E-state index >= 15 is 0 Å². The largest absolute Gasteiger partial charge is 0.276 e. The Bertz CT molecular complexity index is 694. The fraction of sp³-hybridized carbons (Fsp3) is 0.200. The lowest BCUT2D eigenvalue weighted by atomic mass is 10.5. The molecular weight excluding hydrogens is 272 g/mol. The molecule has 0 aliphatic heterocycles. The zero-order chi connectivity index (χ0) is 13.2. The number of anilines is 1. The highest BCUT2D eigenvalue weighted by Gasteiger charge is 2.17. The van der Waals surface area contributed by atoms with Crippen LogP contribution in [0.2, 0.25) is 0 Å². The molecule has 8 heteroatoms. The number of thiophene rings is 1. The van der Waals surface area contributed by atoms with Gasteiger partial charge in [0, 0.05) is 12.7 Å². The van der Waals surface area contributed by atoms with Crippen molar-refractivity contribution < 1.29 is 8.42 Å². The molecule has 2 rings (SSSR count). The molecule has 0 fully saturated rings. The van der Waals surface area contributed by atoms with Crippen LogP contribution in [0.5, 0.6) is 0 Å². The number of sulfonamides is 1. The van der Waals surface area contributed by atoms with Crippen molar-refractivity contribution in [3.05, 3.63) is 29.4 Å². The average molecular weight is 282 g/mol. The number of aromatic nitrogens is 2. The van der Waals surface area contributed by atoms with E-state index in [2.05, 4.69) is 9.82 Å². The first-order chi connectivity index (χ1) is 8.55. The first-order valence-corrected chi connectivity index (χ1v) is 7.40. The highest BCUT2D eigenvalue weighted by molar-refractivity contribution is 7.94. The van der Waals surface area contributed by atoms with Crippen molar-refractivity contribution in [1.82, 2.24) is 9.78 Å². The molecule has 0 unspecified atom stereocenters. The summed E-state index contributed by atoms with van der Waals surface area (Å²) in [4.78, 5) is 0.361. The Balaban J connectivity index is 2.24. The second kappa shape index (κ2) is 4.80. The second-order valence-corrected chi connectivity index (χ2v) is 6.41. The number of rotatable bonds is 4. The van der Waals surface area contributed by atoms with Gasteiger partial charge in [0.15, 0.2) is 0 Å². The van der Waals surface area contributed by atoms with E-state index in [9.17, 15) is 8.42 Å². The molecule has 0 aliphatic rings. The Morgan fingerprint density at radius 2 is 2.33 bits per heavy atom. The highest BCUT2D eigenvalue weighted by Crippen LogP contribution is 2.23. The molecule has 0 amide bonds. The first kappa shape index (κ1) is 12.6. The van der Waals surface area contributed by atoms with Gasteiger partial charge >= 0.3 is 0 Å². The lowest BCUT2D eigenvalue weighted by Crippen LogP contribution is -2.10. The molecule has 0 atom stereocenters. The molecule has 0 aromatic carbocycles. The number of nitrogens with one attached hydrogen (secondary N) is 1. The van der Waals surface area contributed by atoms with E-state index < -0.39 is 10.0 Å². The van der Waals surface area contributed by atoms with Gasteiger partial charge in [-0.1, -0.05) is 0 Å². The van der Waals surface area contributed by atoms with Crippen LogP contribution in [0, 0.1) is 11.3 Å². The lowest BCUT2D eigenvalue weighted by molar-refractivity contribution is 0.603. The zero-order valence-corrected chi connectivity index (χ0v) is 11.1. The number of hydrogen-bond acceptors (Lipinski definition) is 5. The molecule has 2 aromatic heterocycles. The van der Waals surface area contributed by atoms with Crippen LogP contribution < -0.4 is 4.72 Å². The standard InChI is InChI=1S/C10H10N4O2S2/c1-2-14-7-8(6-12-14)13-18(15,16)10-4-3-9(5-11)17-10/h3-4,6-7,13H,2H2,1H3. The Morgan fingerprint density at radius 1 is 1.56 bits per heavy atom. The van der Waals surface area contributed by atoms with Gasteiger partial charge in [-0.15, -0.1) is 11.3 Å². The molecule has 0 saturated carbocycles. The fourth-order valence-electron chi connectivity index (χ4n) is 1.32. The van der Waals surface area contributed by atoms with Crippen molar-refractivity contribution in [3.63, 3.8) is 0 Å². The summed E-state index contributed by atoms with van der Waals surface area (Å²) in [6, 6.07) is 4.80. The summed E-state index contributed by atoms with van der Waals surface area (Å²) in [5.41, 5.74) is 0.406. The highest BCUT2D eigenvalue weighted by atomic mass is 32.2. The third-order valence-electron chi connectivity index (χ3n) is 2.17. The van der Waals surface area contributed by atoms with Crippen LogP contribution in [0.15, 0.2) is 28.7 Å². The van der Waals surface area contributed by atoms with Crippen LogP contribution in [0.25, 0.3) is 0 Å². The molecule has 2 aromatic rings. The monoisotopic (exact) mass is 282 g/mol. The number of nitrogens with zero attached hydrogens (tertiary/aromatic N) is 3. The lowest BCUT2D eigenvalue weighted by Gasteiger charge is -2.02. The van der Waals surface area contributed by atoms with E-state index in [-0.39, 0.29) is 4.21 Å². The summed E-state index contributed by atoms with van der Waals surface area (Å²) in [7, 11) is -3.63. The van der Waals surface area contributed by atoms with Crippen molar-refractivity contribution in [3.8, 4) is 6.07 Å². The maximum Gasteiger partial charge on any atom is 0.271 e. The van der Waals surface area contributed by atoms with Crippen molar-refractivity contribution in [2.24, 2.45) is 0 Å². The summed E-state index contributed by atoms with van der Waals surface area (Å²) in [5, 5.41) is 12.6. The van der Waals surface area contributed by atoms with Gasteiger partial charge in [0.1, 0.15) is 15.2 Å². The predicted octanol–water partition coefficient (Wildman–Crippen LogP) is 1.64. The Kier molecular flexibility index (Phi) is 3.36. The SMILES string of the molecule is CCn1cc(NS(=O)(=O)c2ccc(C#N)s2)cn1. The first-order valence-electron chi connectivity index (χ1n) is 5.10. The van der Waals surface area contributed by atoms with E-state index in [0.29, 0.717) is 17.1 Å². The molecule has 0 radical (unpaired) electrons. The Hall–Kier alpha value is -1.85. The quantitative estimate of drug-likeness (QED) is 0.923. The third kappa shape index (κ3) is 2.52. The Morgan fingerprint density at radius 3 is 2.89 bits per heavy atom. The maximum absolute atomic E-state index is 12.0. The molecule has 1 N–H and O–H groups in total. The van der Waals surface area contributed by atoms with Crippen LogP contribution in [0.3, 0.4) is 0 Å². The number of hydrogen-bond donors (Lipinski definition) is 1. The summed E-state index contributed by atoms with van der Waals surface area (Å²) >= 11 is 0.933. The fourth-order valence-corrected chi connectivity index (χ4v) is 3.45. The van der Waals surface area contributed by atoms with Crippen LogP contribution in [0.4, 0.5) is 5.69 Å². The van der Waals surface area contributed by atoms with Gasteiger partial charge in [0.2, 0.25) is 0 Å². The summed E-state index contributed by atoms with van der Waals surface area (Å²) in [6.45, 7) is 2.57. The molecule has 6 nitrogen and oxygen atoms in total. The molecule has 18 heavy (non-hydrogen) atoms. The minimum absolute atomic E-state index is 0.114. The zero-order valence-electron chi connectivity index (χ0n) is 9.49. The van der Waals surface area contributed by atoms with Gasteiger partial charge in [-0.3, -0.25) is 9.40 Å². The van der Waals surface area contributed by atoms with Gasteiger partial charge < -0.3 is 0 Å². The minimum Gasteiger partial charge on any atom is -0.276 e. The third-order valence-corrected chi connectivity index (χ3v) is 5.03. The molecular formula is C10H10N4O2S2. The van der Waals surface area contributed by atoms with Crippen LogP contribution >= 0.6 is 11.3 Å². The van der Waals surface area contributed by atoms with Crippen LogP contribution in [-0.2, 0) is 16.6 Å². The van der Waals surface area contributed by atoms with E-state index in [0.717, 1.165) is 11.3 Å².